The van der Waals surface area contributed by atoms with Crippen LogP contribution in [0.3, 0.4) is 0 Å². The summed E-state index contributed by atoms with van der Waals surface area (Å²) in [6.45, 7) is 0. The highest BCUT2D eigenvalue weighted by Crippen LogP contribution is 2.19. The molecule has 0 fully saturated rings. The van der Waals surface area contributed by atoms with Crippen LogP contribution in [0.15, 0.2) is 77.2 Å². The van der Waals surface area contributed by atoms with Gasteiger partial charge in [0.1, 0.15) is 5.84 Å². The number of carbonyl (C=O) groups excluding carboxylic acids is 3. The quantitative estimate of drug-likeness (QED) is 0.697. The normalized spacial score (nSPS) is 13.2. The molecule has 29 heavy (non-hydrogen) atoms. The van der Waals surface area contributed by atoms with Gasteiger partial charge in [0.15, 0.2) is 0 Å². The van der Waals surface area contributed by atoms with Crippen LogP contribution in [0, 0.1) is 0 Å². The second-order valence-corrected chi connectivity index (χ2v) is 7.18. The number of amides is 3. The van der Waals surface area contributed by atoms with E-state index in [2.05, 4.69) is 15.7 Å². The topological polar surface area (TPSA) is 90.9 Å². The molecule has 0 saturated heterocycles. The summed E-state index contributed by atoms with van der Waals surface area (Å²) in [4.78, 5) is 37.3. The van der Waals surface area contributed by atoms with Crippen molar-refractivity contribution in [3.8, 4) is 0 Å². The van der Waals surface area contributed by atoms with E-state index in [0.29, 0.717) is 27.7 Å². The van der Waals surface area contributed by atoms with Gasteiger partial charge >= 0.3 is 0 Å². The predicted octanol–water partition coefficient (Wildman–Crippen LogP) is 3.48. The molecule has 0 radical (unpaired) electrons. The summed E-state index contributed by atoms with van der Waals surface area (Å²) >= 11 is 1.35. The molecule has 3 aromatic rings. The Kier molecular flexibility index (Phi) is 5.17. The first-order chi connectivity index (χ1) is 14.1. The van der Waals surface area contributed by atoms with Crippen molar-refractivity contribution in [3.05, 3.63) is 82.6 Å². The lowest BCUT2D eigenvalue weighted by atomic mass is 10.2. The predicted molar refractivity (Wildman–Crippen MR) is 112 cm³/mol. The van der Waals surface area contributed by atoms with E-state index in [-0.39, 0.29) is 24.1 Å². The number of benzene rings is 2. The van der Waals surface area contributed by atoms with E-state index in [4.69, 9.17) is 0 Å². The van der Waals surface area contributed by atoms with Crippen LogP contribution in [0.4, 0.5) is 11.4 Å². The monoisotopic (exact) mass is 404 g/mol. The number of amidine groups is 1. The first kappa shape index (κ1) is 18.6. The van der Waals surface area contributed by atoms with Crippen LogP contribution in [-0.4, -0.2) is 23.6 Å². The number of hydrogen-bond acceptors (Lipinski definition) is 5. The van der Waals surface area contributed by atoms with Crippen molar-refractivity contribution < 1.29 is 14.4 Å². The van der Waals surface area contributed by atoms with Crippen LogP contribution < -0.4 is 15.6 Å². The van der Waals surface area contributed by atoms with Gasteiger partial charge in [-0.2, -0.15) is 10.1 Å². The first-order valence-electron chi connectivity index (χ1n) is 8.82. The summed E-state index contributed by atoms with van der Waals surface area (Å²) in [5, 5.41) is 12.8. The van der Waals surface area contributed by atoms with Crippen molar-refractivity contribution in [3.63, 3.8) is 0 Å². The Hall–Kier alpha value is -3.78. The fourth-order valence-corrected chi connectivity index (χ4v) is 3.40. The van der Waals surface area contributed by atoms with E-state index >= 15 is 0 Å². The first-order valence-corrected chi connectivity index (χ1v) is 9.70. The standard InChI is InChI=1S/C21H16N4O3S/c26-19-13-18(24-25(19)16-5-2-1-3-6-16)23-20(27)14-8-10-15(11-9-14)22-21(28)17-7-4-12-29-17/h1-12H,13H2,(H,22,28)(H,23,24,27). The van der Waals surface area contributed by atoms with Gasteiger partial charge in [0.25, 0.3) is 17.7 Å². The van der Waals surface area contributed by atoms with Crippen LogP contribution in [0.2, 0.25) is 0 Å². The van der Waals surface area contributed by atoms with Gasteiger partial charge in [-0.1, -0.05) is 24.3 Å². The maximum atomic E-state index is 12.5. The Balaban J connectivity index is 1.40. The molecule has 1 aliphatic rings. The summed E-state index contributed by atoms with van der Waals surface area (Å²) in [7, 11) is 0. The van der Waals surface area contributed by atoms with Gasteiger partial charge in [-0.05, 0) is 47.8 Å². The van der Waals surface area contributed by atoms with Crippen LogP contribution in [0.25, 0.3) is 0 Å². The Labute approximate surface area is 170 Å². The number of rotatable bonds is 4. The van der Waals surface area contributed by atoms with Gasteiger partial charge in [0.05, 0.1) is 17.0 Å². The molecule has 0 aliphatic carbocycles. The van der Waals surface area contributed by atoms with Crippen molar-refractivity contribution in [1.82, 2.24) is 5.32 Å². The van der Waals surface area contributed by atoms with E-state index in [0.717, 1.165) is 0 Å². The second kappa shape index (κ2) is 8.07. The largest absolute Gasteiger partial charge is 0.321 e. The highest BCUT2D eigenvalue weighted by molar-refractivity contribution is 7.12. The van der Waals surface area contributed by atoms with Gasteiger partial charge in [-0.15, -0.1) is 11.3 Å². The maximum Gasteiger partial charge on any atom is 0.265 e. The fraction of sp³-hybridized carbons (Fsp3) is 0.0476. The number of anilines is 2. The average molecular weight is 404 g/mol. The molecule has 3 amide bonds. The van der Waals surface area contributed by atoms with Crippen LogP contribution >= 0.6 is 11.3 Å². The molecule has 0 atom stereocenters. The molecule has 2 N–H and O–H groups in total. The summed E-state index contributed by atoms with van der Waals surface area (Å²) in [6.07, 6.45) is 0.0234. The highest BCUT2D eigenvalue weighted by atomic mass is 32.1. The van der Waals surface area contributed by atoms with Gasteiger partial charge in [0, 0.05) is 11.3 Å². The fourth-order valence-electron chi connectivity index (χ4n) is 2.78. The van der Waals surface area contributed by atoms with E-state index in [9.17, 15) is 14.4 Å². The number of para-hydroxylation sites is 1. The lowest BCUT2D eigenvalue weighted by Crippen LogP contribution is -2.29. The molecule has 2 heterocycles. The van der Waals surface area contributed by atoms with Crippen LogP contribution in [-0.2, 0) is 4.79 Å². The van der Waals surface area contributed by atoms with Crippen molar-refractivity contribution in [2.75, 3.05) is 10.3 Å². The summed E-state index contributed by atoms with van der Waals surface area (Å²) < 4.78 is 0. The summed E-state index contributed by atoms with van der Waals surface area (Å²) in [5.41, 5.74) is 1.63. The van der Waals surface area contributed by atoms with Crippen molar-refractivity contribution in [1.29, 1.82) is 0 Å². The zero-order chi connectivity index (χ0) is 20.2. The summed E-state index contributed by atoms with van der Waals surface area (Å²) in [6, 6.07) is 19.1. The van der Waals surface area contributed by atoms with Crippen molar-refractivity contribution >= 4 is 46.3 Å². The smallest absolute Gasteiger partial charge is 0.265 e. The molecule has 1 aromatic heterocycles. The molecule has 0 unspecified atom stereocenters. The van der Waals surface area contributed by atoms with Crippen molar-refractivity contribution in [2.24, 2.45) is 5.10 Å². The summed E-state index contributed by atoms with van der Waals surface area (Å²) in [5.74, 6) is -0.489. The molecule has 1 aliphatic heterocycles. The molecule has 0 spiro atoms. The Morgan fingerprint density at radius 3 is 2.34 bits per heavy atom. The molecular weight excluding hydrogens is 388 g/mol. The zero-order valence-electron chi connectivity index (χ0n) is 15.2. The highest BCUT2D eigenvalue weighted by Gasteiger charge is 2.26. The number of nitrogens with zero attached hydrogens (tertiary/aromatic N) is 2. The number of nitrogens with one attached hydrogen (secondary N) is 2. The lowest BCUT2D eigenvalue weighted by molar-refractivity contribution is -0.116. The molecule has 2 aromatic carbocycles. The minimum absolute atomic E-state index is 0.0234. The van der Waals surface area contributed by atoms with E-state index < -0.39 is 0 Å². The molecule has 7 nitrogen and oxygen atoms in total. The minimum atomic E-state index is -0.373. The number of hydrogen-bond donors (Lipinski definition) is 2. The number of carbonyl (C=O) groups is 3. The van der Waals surface area contributed by atoms with Crippen LogP contribution in [0.1, 0.15) is 26.5 Å². The SMILES string of the molecule is O=C(NC1=NN(c2ccccc2)C(=O)C1)c1ccc(NC(=O)c2cccs2)cc1. The molecular formula is C21H16N4O3S. The number of hydrazone groups is 1. The third-order valence-electron chi connectivity index (χ3n) is 4.18. The molecule has 0 saturated carbocycles. The second-order valence-electron chi connectivity index (χ2n) is 6.23. The molecule has 144 valence electrons. The van der Waals surface area contributed by atoms with E-state index in [1.165, 1.54) is 16.3 Å². The van der Waals surface area contributed by atoms with Gasteiger partial charge < -0.3 is 10.6 Å². The Morgan fingerprint density at radius 1 is 0.897 bits per heavy atom. The average Bonchev–Trinajstić information content (AvgIpc) is 3.39. The maximum absolute atomic E-state index is 12.5. The zero-order valence-corrected chi connectivity index (χ0v) is 16.0. The van der Waals surface area contributed by atoms with Gasteiger partial charge in [-0.25, -0.2) is 0 Å². The van der Waals surface area contributed by atoms with Crippen molar-refractivity contribution in [2.45, 2.75) is 6.42 Å². The molecule has 8 heteroatoms. The number of thiophene rings is 1. The third kappa shape index (κ3) is 4.22. The van der Waals surface area contributed by atoms with Gasteiger partial charge in [-0.3, -0.25) is 14.4 Å². The van der Waals surface area contributed by atoms with E-state index in [1.807, 2.05) is 29.6 Å². The Bertz CT molecular complexity index is 1080. The molecule has 4 rings (SSSR count). The minimum Gasteiger partial charge on any atom is -0.321 e. The van der Waals surface area contributed by atoms with E-state index in [1.54, 1.807) is 42.5 Å². The Morgan fingerprint density at radius 2 is 1.66 bits per heavy atom. The third-order valence-corrected chi connectivity index (χ3v) is 5.05. The van der Waals surface area contributed by atoms with Gasteiger partial charge in [0.2, 0.25) is 0 Å². The molecule has 0 bridgehead atoms. The lowest BCUT2D eigenvalue weighted by Gasteiger charge is -2.10. The van der Waals surface area contributed by atoms with Crippen LogP contribution in [0.5, 0.6) is 0 Å².